The number of sulfonamides is 1. The Kier molecular flexibility index (Phi) is 6.49. The van der Waals surface area contributed by atoms with Gasteiger partial charge in [0, 0.05) is 22.9 Å². The van der Waals surface area contributed by atoms with Crippen LogP contribution in [0.2, 0.25) is 10.0 Å². The van der Waals surface area contributed by atoms with Crippen molar-refractivity contribution in [2.24, 2.45) is 0 Å². The number of amides is 1. The molecule has 0 heterocycles. The molecule has 0 spiro atoms. The quantitative estimate of drug-likeness (QED) is 0.368. The number of hydrogen-bond donors (Lipinski definition) is 2. The van der Waals surface area contributed by atoms with Gasteiger partial charge < -0.3 is 5.32 Å². The highest BCUT2D eigenvalue weighted by Gasteiger charge is 2.18. The topological polar surface area (TPSA) is 118 Å². The van der Waals surface area contributed by atoms with Crippen LogP contribution in [0.15, 0.2) is 65.6 Å². The average Bonchev–Trinajstić information content (AvgIpc) is 2.71. The van der Waals surface area contributed by atoms with Crippen molar-refractivity contribution in [2.75, 3.05) is 10.0 Å². The van der Waals surface area contributed by atoms with Crippen molar-refractivity contribution in [1.29, 1.82) is 0 Å². The summed E-state index contributed by atoms with van der Waals surface area (Å²) in [4.78, 5) is 22.7. The number of nitro benzene ring substituents is 1. The third-order valence-electron chi connectivity index (χ3n) is 4.27. The number of anilines is 2. The molecule has 8 nitrogen and oxygen atoms in total. The molecule has 1 amide bonds. The Bertz CT molecular complexity index is 1280. The molecule has 0 aliphatic heterocycles. The molecule has 0 unspecified atom stereocenters. The lowest BCUT2D eigenvalue weighted by Crippen LogP contribution is -2.14. The Balaban J connectivity index is 1.75. The molecule has 0 atom stereocenters. The molecule has 0 aliphatic carbocycles. The number of hydrogen-bond acceptors (Lipinski definition) is 5. The third-order valence-corrected chi connectivity index (χ3v) is 6.47. The third kappa shape index (κ3) is 5.13. The van der Waals surface area contributed by atoms with Gasteiger partial charge in [0.2, 0.25) is 0 Å². The largest absolute Gasteiger partial charge is 0.322 e. The Morgan fingerprint density at radius 1 is 1.03 bits per heavy atom. The van der Waals surface area contributed by atoms with Gasteiger partial charge >= 0.3 is 0 Å². The van der Waals surface area contributed by atoms with E-state index in [1.807, 2.05) is 0 Å². The van der Waals surface area contributed by atoms with Gasteiger partial charge in [0.1, 0.15) is 0 Å². The summed E-state index contributed by atoms with van der Waals surface area (Å²) in [6.45, 7) is 1.54. The normalized spacial score (nSPS) is 11.1. The first kappa shape index (κ1) is 22.5. The van der Waals surface area contributed by atoms with Gasteiger partial charge in [0.15, 0.2) is 0 Å². The first-order chi connectivity index (χ1) is 14.6. The molecule has 0 aliphatic rings. The molecule has 0 saturated carbocycles. The second-order valence-corrected chi connectivity index (χ2v) is 8.91. The maximum Gasteiger partial charge on any atom is 0.272 e. The summed E-state index contributed by atoms with van der Waals surface area (Å²) in [6.07, 6.45) is 0. The fourth-order valence-corrected chi connectivity index (χ4v) is 4.18. The van der Waals surface area contributed by atoms with Crippen molar-refractivity contribution >= 4 is 56.2 Å². The molecule has 0 aromatic heterocycles. The minimum atomic E-state index is -3.94. The molecule has 0 radical (unpaired) electrons. The molecule has 0 bridgehead atoms. The van der Waals surface area contributed by atoms with Crippen LogP contribution in [-0.4, -0.2) is 19.2 Å². The van der Waals surface area contributed by atoms with Gasteiger partial charge in [-0.1, -0.05) is 29.3 Å². The summed E-state index contributed by atoms with van der Waals surface area (Å²) in [5.74, 6) is -0.488. The minimum Gasteiger partial charge on any atom is -0.322 e. The number of nitrogens with zero attached hydrogens (tertiary/aromatic N) is 1. The number of halogens is 2. The van der Waals surface area contributed by atoms with E-state index in [4.69, 9.17) is 23.2 Å². The second kappa shape index (κ2) is 8.93. The molecule has 31 heavy (non-hydrogen) atoms. The van der Waals surface area contributed by atoms with Crippen LogP contribution < -0.4 is 10.0 Å². The zero-order valence-electron chi connectivity index (χ0n) is 15.9. The monoisotopic (exact) mass is 479 g/mol. The van der Waals surface area contributed by atoms with E-state index >= 15 is 0 Å². The Labute approximate surface area is 188 Å². The van der Waals surface area contributed by atoms with Crippen LogP contribution in [0.5, 0.6) is 0 Å². The zero-order chi connectivity index (χ0) is 22.8. The summed E-state index contributed by atoms with van der Waals surface area (Å²) in [6, 6.07) is 14.1. The van der Waals surface area contributed by atoms with E-state index in [1.165, 1.54) is 61.5 Å². The molecule has 0 saturated heterocycles. The number of rotatable bonds is 6. The number of nitrogens with one attached hydrogen (secondary N) is 2. The molecular formula is C20H15Cl2N3O5S. The van der Waals surface area contributed by atoms with Gasteiger partial charge in [-0.3, -0.25) is 19.6 Å². The molecule has 3 aromatic rings. The summed E-state index contributed by atoms with van der Waals surface area (Å²) >= 11 is 11.9. The van der Waals surface area contributed by atoms with Crippen LogP contribution in [0.1, 0.15) is 15.9 Å². The van der Waals surface area contributed by atoms with Crippen molar-refractivity contribution in [1.82, 2.24) is 0 Å². The van der Waals surface area contributed by atoms with E-state index in [2.05, 4.69) is 10.0 Å². The van der Waals surface area contributed by atoms with Crippen LogP contribution in [-0.2, 0) is 10.0 Å². The average molecular weight is 480 g/mol. The Morgan fingerprint density at radius 2 is 1.71 bits per heavy atom. The number of carbonyl (C=O) groups excluding carboxylic acids is 1. The van der Waals surface area contributed by atoms with Crippen molar-refractivity contribution in [3.63, 3.8) is 0 Å². The fraction of sp³-hybridized carbons (Fsp3) is 0.0500. The van der Waals surface area contributed by atoms with Crippen molar-refractivity contribution in [3.05, 3.63) is 92.0 Å². The van der Waals surface area contributed by atoms with E-state index in [-0.39, 0.29) is 31.9 Å². The highest BCUT2D eigenvalue weighted by molar-refractivity contribution is 7.92. The highest BCUT2D eigenvalue weighted by atomic mass is 35.5. The maximum atomic E-state index is 12.6. The SMILES string of the molecule is Cc1cc(C(=O)Nc2ccc(S(=O)(=O)Nc3cccc(Cl)c3Cl)cc2)ccc1[N+](=O)[O-]. The first-order valence-corrected chi connectivity index (χ1v) is 11.0. The Morgan fingerprint density at radius 3 is 2.32 bits per heavy atom. The molecule has 2 N–H and O–H groups in total. The smallest absolute Gasteiger partial charge is 0.272 e. The van der Waals surface area contributed by atoms with Crippen molar-refractivity contribution < 1.29 is 18.1 Å². The fourth-order valence-electron chi connectivity index (χ4n) is 2.71. The molecule has 11 heteroatoms. The summed E-state index contributed by atoms with van der Waals surface area (Å²) in [5, 5.41) is 13.8. The summed E-state index contributed by atoms with van der Waals surface area (Å²) in [5.41, 5.74) is 0.987. The molecule has 0 fully saturated rings. The number of benzene rings is 3. The van der Waals surface area contributed by atoms with E-state index in [0.29, 0.717) is 11.3 Å². The standard InChI is InChI=1S/C20H15Cl2N3O5S/c1-12-11-13(5-10-18(12)25(27)28)20(26)23-14-6-8-15(9-7-14)31(29,30)24-17-4-2-3-16(21)19(17)22/h2-11,24H,1H3,(H,23,26). The van der Waals surface area contributed by atoms with Gasteiger partial charge in [0.05, 0.1) is 25.6 Å². The minimum absolute atomic E-state index is 0.0484. The second-order valence-electron chi connectivity index (χ2n) is 6.44. The van der Waals surface area contributed by atoms with Gasteiger partial charge in [-0.05, 0) is 55.5 Å². The van der Waals surface area contributed by atoms with Crippen molar-refractivity contribution in [3.8, 4) is 0 Å². The lowest BCUT2D eigenvalue weighted by Gasteiger charge is -2.11. The predicted molar refractivity (Wildman–Crippen MR) is 119 cm³/mol. The molecular weight excluding hydrogens is 465 g/mol. The molecule has 160 valence electrons. The number of carbonyl (C=O) groups is 1. The van der Waals surface area contributed by atoms with Gasteiger partial charge in [-0.2, -0.15) is 0 Å². The summed E-state index contributed by atoms with van der Waals surface area (Å²) in [7, 11) is -3.94. The van der Waals surface area contributed by atoms with Crippen molar-refractivity contribution in [2.45, 2.75) is 11.8 Å². The van der Waals surface area contributed by atoms with Gasteiger partial charge in [0.25, 0.3) is 21.6 Å². The predicted octanol–water partition coefficient (Wildman–Crippen LogP) is 5.26. The molecule has 3 aromatic carbocycles. The molecule has 3 rings (SSSR count). The Hall–Kier alpha value is -3.14. The van der Waals surface area contributed by atoms with Gasteiger partial charge in [-0.15, -0.1) is 0 Å². The zero-order valence-corrected chi connectivity index (χ0v) is 18.3. The van der Waals surface area contributed by atoms with Crippen LogP contribution in [0.3, 0.4) is 0 Å². The van der Waals surface area contributed by atoms with Crippen LogP contribution >= 0.6 is 23.2 Å². The van der Waals surface area contributed by atoms with E-state index < -0.39 is 20.9 Å². The van der Waals surface area contributed by atoms with E-state index in [9.17, 15) is 23.3 Å². The van der Waals surface area contributed by atoms with E-state index in [1.54, 1.807) is 6.07 Å². The number of nitro groups is 1. The highest BCUT2D eigenvalue weighted by Crippen LogP contribution is 2.31. The first-order valence-electron chi connectivity index (χ1n) is 8.72. The van der Waals surface area contributed by atoms with Crippen LogP contribution in [0, 0.1) is 17.0 Å². The maximum absolute atomic E-state index is 12.6. The van der Waals surface area contributed by atoms with Crippen LogP contribution in [0.25, 0.3) is 0 Å². The van der Waals surface area contributed by atoms with Crippen LogP contribution in [0.4, 0.5) is 17.1 Å². The van der Waals surface area contributed by atoms with Gasteiger partial charge in [-0.25, -0.2) is 8.42 Å². The summed E-state index contributed by atoms with van der Waals surface area (Å²) < 4.78 is 27.5. The van der Waals surface area contributed by atoms with E-state index in [0.717, 1.165) is 0 Å². The lowest BCUT2D eigenvalue weighted by atomic mass is 10.1. The number of aryl methyl sites for hydroxylation is 1. The lowest BCUT2D eigenvalue weighted by molar-refractivity contribution is -0.385.